The molecule has 0 radical (unpaired) electrons. The number of aromatic amines is 1. The predicted octanol–water partition coefficient (Wildman–Crippen LogP) is 0.606. The van der Waals surface area contributed by atoms with Crippen LogP contribution < -0.4 is 10.9 Å². The third-order valence-electron chi connectivity index (χ3n) is 1.81. The van der Waals surface area contributed by atoms with Crippen LogP contribution in [0.2, 0.25) is 5.02 Å². The molecule has 0 aliphatic rings. The van der Waals surface area contributed by atoms with E-state index in [0.29, 0.717) is 5.95 Å². The molecule has 0 aliphatic heterocycles. The number of hydrogen-bond acceptors (Lipinski definition) is 4. The minimum atomic E-state index is -0.392. The molecule has 5 nitrogen and oxygen atoms in total. The summed E-state index contributed by atoms with van der Waals surface area (Å²) in [5, 5.41) is 11.8. The van der Waals surface area contributed by atoms with Gasteiger partial charge < -0.3 is 10.4 Å². The Balaban J connectivity index is 2.77. The van der Waals surface area contributed by atoms with Gasteiger partial charge in [-0.2, -0.15) is 0 Å². The molecule has 1 heterocycles. The third kappa shape index (κ3) is 2.71. The summed E-state index contributed by atoms with van der Waals surface area (Å²) < 4.78 is 0. The highest BCUT2D eigenvalue weighted by Crippen LogP contribution is 2.03. The molecule has 0 aromatic carbocycles. The molecule has 6 heteroatoms. The average molecular weight is 218 g/mol. The SMILES string of the molecule is CCC(CO)Nc1ncc(Cl)c(=O)[nH]1. The Bertz CT molecular complexity index is 349. The molecule has 1 aromatic heterocycles. The molecular formula is C8H12ClN3O2. The Morgan fingerprint density at radius 2 is 2.50 bits per heavy atom. The van der Waals surface area contributed by atoms with E-state index in [4.69, 9.17) is 16.7 Å². The van der Waals surface area contributed by atoms with E-state index in [1.807, 2.05) is 6.92 Å². The highest BCUT2D eigenvalue weighted by molar-refractivity contribution is 6.30. The monoisotopic (exact) mass is 217 g/mol. The zero-order chi connectivity index (χ0) is 10.6. The van der Waals surface area contributed by atoms with Crippen LogP contribution in [-0.2, 0) is 0 Å². The molecule has 0 bridgehead atoms. The molecule has 0 fully saturated rings. The van der Waals surface area contributed by atoms with Gasteiger partial charge >= 0.3 is 0 Å². The first-order valence-corrected chi connectivity index (χ1v) is 4.67. The predicted molar refractivity (Wildman–Crippen MR) is 54.7 cm³/mol. The number of anilines is 1. The largest absolute Gasteiger partial charge is 0.394 e. The van der Waals surface area contributed by atoms with E-state index >= 15 is 0 Å². The standard InChI is InChI=1S/C8H12ClN3O2/c1-2-5(4-13)11-8-10-3-6(9)7(14)12-8/h3,5,13H,2,4H2,1H3,(H2,10,11,12,14). The Morgan fingerprint density at radius 3 is 3.00 bits per heavy atom. The number of aliphatic hydroxyl groups is 1. The Labute approximate surface area is 86.1 Å². The summed E-state index contributed by atoms with van der Waals surface area (Å²) in [6.07, 6.45) is 2.01. The highest BCUT2D eigenvalue weighted by Gasteiger charge is 2.06. The first-order chi connectivity index (χ1) is 6.67. The van der Waals surface area contributed by atoms with Crippen LogP contribution in [0.25, 0.3) is 0 Å². The summed E-state index contributed by atoms with van der Waals surface area (Å²) in [7, 11) is 0. The van der Waals surface area contributed by atoms with Gasteiger partial charge in [-0.3, -0.25) is 9.78 Å². The molecule has 1 aromatic rings. The van der Waals surface area contributed by atoms with Gasteiger partial charge in [0.2, 0.25) is 5.95 Å². The fraction of sp³-hybridized carbons (Fsp3) is 0.500. The number of aliphatic hydroxyl groups excluding tert-OH is 1. The van der Waals surface area contributed by atoms with Crippen molar-refractivity contribution in [3.63, 3.8) is 0 Å². The third-order valence-corrected chi connectivity index (χ3v) is 2.08. The van der Waals surface area contributed by atoms with Crippen molar-refractivity contribution in [3.8, 4) is 0 Å². The molecule has 0 saturated heterocycles. The molecule has 1 unspecified atom stereocenters. The number of nitrogens with zero attached hydrogens (tertiary/aromatic N) is 1. The van der Waals surface area contributed by atoms with Gasteiger partial charge in [0.05, 0.1) is 18.8 Å². The molecule has 1 atom stereocenters. The zero-order valence-corrected chi connectivity index (χ0v) is 8.51. The number of halogens is 1. The van der Waals surface area contributed by atoms with Crippen LogP contribution in [0.1, 0.15) is 13.3 Å². The molecule has 0 aliphatic carbocycles. The normalized spacial score (nSPS) is 12.5. The number of nitrogens with one attached hydrogen (secondary N) is 2. The minimum absolute atomic E-state index is 0.0111. The lowest BCUT2D eigenvalue weighted by atomic mass is 10.2. The Morgan fingerprint density at radius 1 is 1.79 bits per heavy atom. The maximum absolute atomic E-state index is 11.1. The number of hydrogen-bond donors (Lipinski definition) is 3. The van der Waals surface area contributed by atoms with Gasteiger partial charge in [0.1, 0.15) is 5.02 Å². The van der Waals surface area contributed by atoms with Crippen molar-refractivity contribution in [2.24, 2.45) is 0 Å². The molecule has 0 spiro atoms. The minimum Gasteiger partial charge on any atom is -0.394 e. The first-order valence-electron chi connectivity index (χ1n) is 4.29. The van der Waals surface area contributed by atoms with E-state index in [1.54, 1.807) is 0 Å². The van der Waals surface area contributed by atoms with Crippen molar-refractivity contribution in [1.82, 2.24) is 9.97 Å². The van der Waals surface area contributed by atoms with Crippen molar-refractivity contribution in [3.05, 3.63) is 21.6 Å². The van der Waals surface area contributed by atoms with Crippen molar-refractivity contribution in [2.75, 3.05) is 11.9 Å². The van der Waals surface area contributed by atoms with Gasteiger partial charge in [0.15, 0.2) is 0 Å². The second-order valence-electron chi connectivity index (χ2n) is 2.84. The van der Waals surface area contributed by atoms with Crippen molar-refractivity contribution in [1.29, 1.82) is 0 Å². The van der Waals surface area contributed by atoms with Gasteiger partial charge in [-0.15, -0.1) is 0 Å². The van der Waals surface area contributed by atoms with Crippen LogP contribution in [0.15, 0.2) is 11.0 Å². The quantitative estimate of drug-likeness (QED) is 0.691. The second kappa shape index (κ2) is 4.97. The fourth-order valence-corrected chi connectivity index (χ4v) is 1.02. The van der Waals surface area contributed by atoms with Gasteiger partial charge in [-0.25, -0.2) is 4.98 Å². The van der Waals surface area contributed by atoms with E-state index < -0.39 is 5.56 Å². The maximum Gasteiger partial charge on any atom is 0.271 e. The van der Waals surface area contributed by atoms with Crippen molar-refractivity contribution in [2.45, 2.75) is 19.4 Å². The van der Waals surface area contributed by atoms with Crippen LogP contribution in [0, 0.1) is 0 Å². The maximum atomic E-state index is 11.1. The lowest BCUT2D eigenvalue weighted by molar-refractivity contribution is 0.271. The van der Waals surface area contributed by atoms with E-state index in [1.165, 1.54) is 6.20 Å². The molecule has 3 N–H and O–H groups in total. The van der Waals surface area contributed by atoms with E-state index in [9.17, 15) is 4.79 Å². The summed E-state index contributed by atoms with van der Waals surface area (Å²) in [6, 6.07) is -0.112. The second-order valence-corrected chi connectivity index (χ2v) is 3.25. The fourth-order valence-electron chi connectivity index (χ4n) is 0.923. The van der Waals surface area contributed by atoms with Crippen LogP contribution in [-0.4, -0.2) is 27.7 Å². The smallest absolute Gasteiger partial charge is 0.271 e. The van der Waals surface area contributed by atoms with E-state index in [2.05, 4.69) is 15.3 Å². The van der Waals surface area contributed by atoms with E-state index in [-0.39, 0.29) is 17.7 Å². The van der Waals surface area contributed by atoms with Gasteiger partial charge in [0.25, 0.3) is 5.56 Å². The molecule has 0 saturated carbocycles. The van der Waals surface area contributed by atoms with Gasteiger partial charge in [-0.1, -0.05) is 18.5 Å². The molecule has 78 valence electrons. The lowest BCUT2D eigenvalue weighted by Gasteiger charge is -2.13. The average Bonchev–Trinajstić information content (AvgIpc) is 2.19. The summed E-state index contributed by atoms with van der Waals surface area (Å²) in [6.45, 7) is 1.91. The summed E-state index contributed by atoms with van der Waals surface area (Å²) in [5.41, 5.74) is -0.392. The Hall–Kier alpha value is -1.07. The zero-order valence-electron chi connectivity index (χ0n) is 7.75. The van der Waals surface area contributed by atoms with Crippen LogP contribution in [0.4, 0.5) is 5.95 Å². The summed E-state index contributed by atoms with van der Waals surface area (Å²) in [5.74, 6) is 0.320. The molecular weight excluding hydrogens is 206 g/mol. The summed E-state index contributed by atoms with van der Waals surface area (Å²) in [4.78, 5) is 17.4. The number of aromatic nitrogens is 2. The molecule has 0 amide bonds. The van der Waals surface area contributed by atoms with Gasteiger partial charge in [0, 0.05) is 0 Å². The van der Waals surface area contributed by atoms with Gasteiger partial charge in [-0.05, 0) is 6.42 Å². The molecule has 14 heavy (non-hydrogen) atoms. The Kier molecular flexibility index (Phi) is 3.91. The number of rotatable bonds is 4. The highest BCUT2D eigenvalue weighted by atomic mass is 35.5. The van der Waals surface area contributed by atoms with Crippen LogP contribution >= 0.6 is 11.6 Å². The van der Waals surface area contributed by atoms with Crippen molar-refractivity contribution >= 4 is 17.5 Å². The molecule has 1 rings (SSSR count). The van der Waals surface area contributed by atoms with E-state index in [0.717, 1.165) is 6.42 Å². The van der Waals surface area contributed by atoms with Crippen LogP contribution in [0.5, 0.6) is 0 Å². The van der Waals surface area contributed by atoms with Crippen LogP contribution in [0.3, 0.4) is 0 Å². The number of H-pyrrole nitrogens is 1. The topological polar surface area (TPSA) is 78.0 Å². The summed E-state index contributed by atoms with van der Waals surface area (Å²) >= 11 is 5.50. The lowest BCUT2D eigenvalue weighted by Crippen LogP contribution is -2.25. The van der Waals surface area contributed by atoms with Crippen molar-refractivity contribution < 1.29 is 5.11 Å². The first kappa shape index (κ1) is 11.0.